The summed E-state index contributed by atoms with van der Waals surface area (Å²) in [6, 6.07) is 10.2. The van der Waals surface area contributed by atoms with Gasteiger partial charge in [-0.25, -0.2) is 19.6 Å². The Kier molecular flexibility index (Phi) is 3.50. The molecule has 0 spiro atoms. The van der Waals surface area contributed by atoms with Crippen LogP contribution in [0.25, 0.3) is 33.2 Å². The first-order valence-electron chi connectivity index (χ1n) is 9.16. The van der Waals surface area contributed by atoms with Gasteiger partial charge in [0.2, 0.25) is 5.88 Å². The Bertz CT molecular complexity index is 1160. The van der Waals surface area contributed by atoms with Crippen molar-refractivity contribution >= 4 is 27.8 Å². The van der Waals surface area contributed by atoms with Crippen LogP contribution >= 0.6 is 0 Å². The maximum absolute atomic E-state index is 6.16. The van der Waals surface area contributed by atoms with Gasteiger partial charge in [-0.1, -0.05) is 6.07 Å². The van der Waals surface area contributed by atoms with Crippen molar-refractivity contribution in [2.45, 2.75) is 38.8 Å². The molecule has 1 aromatic carbocycles. The number of hydrogen-bond acceptors (Lipinski definition) is 6. The number of nitrogens with zero attached hydrogens (tertiary/aromatic N) is 5. The molecule has 1 fully saturated rings. The van der Waals surface area contributed by atoms with E-state index >= 15 is 0 Å². The third kappa shape index (κ3) is 2.75. The summed E-state index contributed by atoms with van der Waals surface area (Å²) in [5.74, 6) is 1.12. The summed E-state index contributed by atoms with van der Waals surface area (Å²) in [4.78, 5) is 13.2. The summed E-state index contributed by atoms with van der Waals surface area (Å²) >= 11 is 0. The Balaban J connectivity index is 1.64. The molecular formula is C20H20N6O. The minimum absolute atomic E-state index is 0.166. The van der Waals surface area contributed by atoms with Gasteiger partial charge in [-0.15, -0.1) is 0 Å². The van der Waals surface area contributed by atoms with Crippen molar-refractivity contribution in [3.63, 3.8) is 0 Å². The summed E-state index contributed by atoms with van der Waals surface area (Å²) < 4.78 is 7.68. The standard InChI is InChI=1S/C20H20N6O/c1-11(2)26-20-17(19(21)22-10-23-20)18(25-26)13-3-7-15-12(9-13)4-8-16(24-15)27-14-5-6-14/h3-4,7-11,14H,5-6H2,1-2H3,(H2,21,22,23). The van der Waals surface area contributed by atoms with Gasteiger partial charge in [-0.2, -0.15) is 5.10 Å². The third-order valence-electron chi connectivity index (χ3n) is 4.76. The van der Waals surface area contributed by atoms with Gasteiger partial charge in [0.25, 0.3) is 0 Å². The summed E-state index contributed by atoms with van der Waals surface area (Å²) in [5.41, 5.74) is 9.56. The van der Waals surface area contributed by atoms with Crippen molar-refractivity contribution in [3.8, 4) is 17.1 Å². The maximum Gasteiger partial charge on any atom is 0.214 e. The lowest BCUT2D eigenvalue weighted by atomic mass is 10.1. The molecule has 7 nitrogen and oxygen atoms in total. The summed E-state index contributed by atoms with van der Waals surface area (Å²) in [5, 5.41) is 6.59. The zero-order valence-corrected chi connectivity index (χ0v) is 15.3. The Morgan fingerprint density at radius 1 is 1.15 bits per heavy atom. The van der Waals surface area contributed by atoms with Gasteiger partial charge >= 0.3 is 0 Å². The third-order valence-corrected chi connectivity index (χ3v) is 4.76. The van der Waals surface area contributed by atoms with Crippen molar-refractivity contribution < 1.29 is 4.74 Å². The number of anilines is 1. The number of aromatic nitrogens is 5. The van der Waals surface area contributed by atoms with E-state index in [9.17, 15) is 0 Å². The van der Waals surface area contributed by atoms with Crippen LogP contribution in [0.15, 0.2) is 36.7 Å². The molecule has 7 heteroatoms. The highest BCUT2D eigenvalue weighted by atomic mass is 16.5. The summed E-state index contributed by atoms with van der Waals surface area (Å²) in [7, 11) is 0. The number of benzene rings is 1. The van der Waals surface area contributed by atoms with E-state index in [0.717, 1.165) is 46.0 Å². The van der Waals surface area contributed by atoms with E-state index in [-0.39, 0.29) is 6.04 Å². The molecule has 136 valence electrons. The van der Waals surface area contributed by atoms with E-state index in [1.807, 2.05) is 28.9 Å². The van der Waals surface area contributed by atoms with Gasteiger partial charge < -0.3 is 10.5 Å². The highest BCUT2D eigenvalue weighted by Gasteiger charge is 2.24. The van der Waals surface area contributed by atoms with E-state index < -0.39 is 0 Å². The maximum atomic E-state index is 6.16. The zero-order valence-electron chi connectivity index (χ0n) is 15.3. The molecule has 0 bridgehead atoms. The van der Waals surface area contributed by atoms with Crippen LogP contribution in [0.3, 0.4) is 0 Å². The van der Waals surface area contributed by atoms with Crippen LogP contribution in [0, 0.1) is 0 Å². The first kappa shape index (κ1) is 16.0. The molecule has 3 heterocycles. The molecule has 1 aliphatic carbocycles. The van der Waals surface area contributed by atoms with Gasteiger partial charge in [0.05, 0.1) is 10.9 Å². The lowest BCUT2D eigenvalue weighted by Crippen LogP contribution is -2.04. The Morgan fingerprint density at radius 3 is 2.78 bits per heavy atom. The molecule has 0 aliphatic heterocycles. The minimum Gasteiger partial charge on any atom is -0.474 e. The van der Waals surface area contributed by atoms with Gasteiger partial charge in [0.15, 0.2) is 5.65 Å². The predicted octanol–water partition coefficient (Wildman–Crippen LogP) is 3.75. The fraction of sp³-hybridized carbons (Fsp3) is 0.300. The highest BCUT2D eigenvalue weighted by Crippen LogP contribution is 2.33. The molecule has 0 atom stereocenters. The Labute approximate surface area is 156 Å². The van der Waals surface area contributed by atoms with Crippen molar-refractivity contribution in [3.05, 3.63) is 36.7 Å². The first-order chi connectivity index (χ1) is 13.1. The second kappa shape index (κ2) is 5.90. The minimum atomic E-state index is 0.166. The smallest absolute Gasteiger partial charge is 0.214 e. The van der Waals surface area contributed by atoms with Crippen LogP contribution in [0.2, 0.25) is 0 Å². The summed E-state index contributed by atoms with van der Waals surface area (Å²) in [6.45, 7) is 4.14. The van der Waals surface area contributed by atoms with Crippen molar-refractivity contribution in [1.82, 2.24) is 24.7 Å². The molecule has 2 N–H and O–H groups in total. The van der Waals surface area contributed by atoms with Crippen molar-refractivity contribution in [1.29, 1.82) is 0 Å². The predicted molar refractivity (Wildman–Crippen MR) is 105 cm³/mol. The van der Waals surface area contributed by atoms with Crippen molar-refractivity contribution in [2.24, 2.45) is 0 Å². The van der Waals surface area contributed by atoms with Crippen LogP contribution in [0.5, 0.6) is 5.88 Å². The van der Waals surface area contributed by atoms with Crippen LogP contribution in [-0.4, -0.2) is 30.8 Å². The van der Waals surface area contributed by atoms with Crippen LogP contribution in [0.4, 0.5) is 5.82 Å². The molecule has 0 saturated heterocycles. The number of fused-ring (bicyclic) bond motifs is 2. The average molecular weight is 360 g/mol. The number of ether oxygens (including phenoxy) is 1. The average Bonchev–Trinajstić information content (AvgIpc) is 3.38. The Hall–Kier alpha value is -3.22. The topological polar surface area (TPSA) is 91.7 Å². The first-order valence-corrected chi connectivity index (χ1v) is 9.16. The molecule has 3 aromatic heterocycles. The largest absolute Gasteiger partial charge is 0.474 e. The molecule has 5 rings (SSSR count). The highest BCUT2D eigenvalue weighted by molar-refractivity contribution is 5.99. The fourth-order valence-corrected chi connectivity index (χ4v) is 3.23. The number of hydrogen-bond donors (Lipinski definition) is 1. The van der Waals surface area contributed by atoms with Gasteiger partial charge in [0, 0.05) is 23.1 Å². The lowest BCUT2D eigenvalue weighted by Gasteiger charge is -2.06. The van der Waals surface area contributed by atoms with E-state index in [2.05, 4.69) is 34.9 Å². The summed E-state index contributed by atoms with van der Waals surface area (Å²) in [6.07, 6.45) is 4.05. The molecule has 1 aliphatic rings. The van der Waals surface area contributed by atoms with Crippen LogP contribution < -0.4 is 10.5 Å². The van der Waals surface area contributed by atoms with Gasteiger partial charge in [0.1, 0.15) is 23.9 Å². The van der Waals surface area contributed by atoms with E-state index in [1.165, 1.54) is 6.33 Å². The number of pyridine rings is 1. The molecule has 0 unspecified atom stereocenters. The normalized spacial score (nSPS) is 14.3. The Morgan fingerprint density at radius 2 is 2.00 bits per heavy atom. The molecule has 4 aromatic rings. The second-order valence-electron chi connectivity index (χ2n) is 7.22. The van der Waals surface area contributed by atoms with Gasteiger partial charge in [-0.3, -0.25) is 0 Å². The zero-order chi connectivity index (χ0) is 18.5. The molecule has 27 heavy (non-hydrogen) atoms. The fourth-order valence-electron chi connectivity index (χ4n) is 3.23. The lowest BCUT2D eigenvalue weighted by molar-refractivity contribution is 0.292. The number of nitrogens with two attached hydrogens (primary N) is 1. The van der Waals surface area contributed by atoms with Crippen molar-refractivity contribution in [2.75, 3.05) is 5.73 Å². The monoisotopic (exact) mass is 360 g/mol. The molecule has 1 saturated carbocycles. The number of rotatable bonds is 4. The van der Waals surface area contributed by atoms with Crippen LogP contribution in [0.1, 0.15) is 32.7 Å². The molecule has 0 amide bonds. The quantitative estimate of drug-likeness (QED) is 0.596. The van der Waals surface area contributed by atoms with E-state index in [1.54, 1.807) is 0 Å². The van der Waals surface area contributed by atoms with E-state index in [0.29, 0.717) is 17.8 Å². The SMILES string of the molecule is CC(C)n1nc(-c2ccc3nc(OC4CC4)ccc3c2)c2c(N)ncnc21. The van der Waals surface area contributed by atoms with Crippen LogP contribution in [-0.2, 0) is 0 Å². The van der Waals surface area contributed by atoms with Gasteiger partial charge in [-0.05, 0) is 44.9 Å². The molecule has 0 radical (unpaired) electrons. The second-order valence-corrected chi connectivity index (χ2v) is 7.22. The van der Waals surface area contributed by atoms with E-state index in [4.69, 9.17) is 15.6 Å². The number of nitrogen functional groups attached to an aromatic ring is 1. The molecular weight excluding hydrogens is 340 g/mol.